The molecule has 0 bridgehead atoms. The Kier molecular flexibility index (Phi) is 6.91. The van der Waals surface area contributed by atoms with Gasteiger partial charge in [-0.05, 0) is 50.1 Å². The van der Waals surface area contributed by atoms with Gasteiger partial charge in [-0.2, -0.15) is 0 Å². The van der Waals surface area contributed by atoms with E-state index in [-0.39, 0.29) is 12.4 Å². The van der Waals surface area contributed by atoms with Crippen LogP contribution in [-0.4, -0.2) is 24.2 Å². The van der Waals surface area contributed by atoms with Gasteiger partial charge in [-0.3, -0.25) is 9.59 Å². The van der Waals surface area contributed by atoms with E-state index in [0.717, 1.165) is 21.6 Å². The number of benzene rings is 2. The molecule has 132 valence electrons. The van der Waals surface area contributed by atoms with Gasteiger partial charge >= 0.3 is 5.97 Å². The molecular weight excluding hydrogens is 358 g/mol. The van der Waals surface area contributed by atoms with Crippen molar-refractivity contribution in [3.63, 3.8) is 0 Å². The van der Waals surface area contributed by atoms with Gasteiger partial charge in [0.05, 0.1) is 5.75 Å². The van der Waals surface area contributed by atoms with Gasteiger partial charge in [0.2, 0.25) is 0 Å². The zero-order valence-electron chi connectivity index (χ0n) is 14.4. The van der Waals surface area contributed by atoms with Crippen molar-refractivity contribution < 1.29 is 14.3 Å². The van der Waals surface area contributed by atoms with Gasteiger partial charge in [-0.1, -0.05) is 35.4 Å². The Labute approximate surface area is 156 Å². The van der Waals surface area contributed by atoms with Crippen molar-refractivity contribution in [2.45, 2.75) is 25.7 Å². The van der Waals surface area contributed by atoms with Crippen LogP contribution in [0.5, 0.6) is 0 Å². The molecule has 0 heterocycles. The molecule has 0 fully saturated rings. The molecule has 6 heteroatoms. The summed E-state index contributed by atoms with van der Waals surface area (Å²) in [5, 5.41) is 3.22. The Morgan fingerprint density at radius 1 is 1.08 bits per heavy atom. The minimum atomic E-state index is -0.427. The first-order chi connectivity index (χ1) is 11.8. The second-order valence-corrected chi connectivity index (χ2v) is 7.18. The number of carbonyl (C=O) groups is 2. The molecule has 0 aliphatic rings. The quantitative estimate of drug-likeness (QED) is 0.593. The van der Waals surface area contributed by atoms with Gasteiger partial charge in [0.25, 0.3) is 5.91 Å². The Morgan fingerprint density at radius 2 is 1.80 bits per heavy atom. The normalized spacial score (nSPS) is 10.4. The summed E-state index contributed by atoms with van der Waals surface area (Å²) in [6, 6.07) is 11.3. The van der Waals surface area contributed by atoms with Crippen LogP contribution in [0.25, 0.3) is 0 Å². The van der Waals surface area contributed by atoms with Crippen LogP contribution in [0.15, 0.2) is 41.3 Å². The second-order valence-electron chi connectivity index (χ2n) is 5.73. The molecular formula is C19H20ClNO3S. The van der Waals surface area contributed by atoms with E-state index < -0.39 is 11.9 Å². The number of aryl methyl sites for hydroxylation is 3. The maximum atomic E-state index is 11.9. The maximum Gasteiger partial charge on any atom is 0.316 e. The van der Waals surface area contributed by atoms with Gasteiger partial charge in [-0.25, -0.2) is 0 Å². The Morgan fingerprint density at radius 3 is 2.56 bits per heavy atom. The number of hydrogen-bond acceptors (Lipinski definition) is 4. The van der Waals surface area contributed by atoms with Gasteiger partial charge in [0, 0.05) is 15.6 Å². The van der Waals surface area contributed by atoms with Crippen LogP contribution >= 0.6 is 23.4 Å². The summed E-state index contributed by atoms with van der Waals surface area (Å²) in [5.74, 6) is -0.660. The van der Waals surface area contributed by atoms with Crippen LogP contribution in [0.3, 0.4) is 0 Å². The molecule has 0 spiro atoms. The van der Waals surface area contributed by atoms with E-state index in [2.05, 4.69) is 5.32 Å². The summed E-state index contributed by atoms with van der Waals surface area (Å²) in [4.78, 5) is 24.8. The highest BCUT2D eigenvalue weighted by Gasteiger charge is 2.11. The summed E-state index contributed by atoms with van der Waals surface area (Å²) in [6.07, 6.45) is 0. The van der Waals surface area contributed by atoms with Crippen molar-refractivity contribution in [3.05, 3.63) is 58.1 Å². The third kappa shape index (κ3) is 6.11. The fourth-order valence-electron chi connectivity index (χ4n) is 2.10. The number of ether oxygens (including phenoxy) is 1. The summed E-state index contributed by atoms with van der Waals surface area (Å²) in [7, 11) is 0. The molecule has 0 aliphatic carbocycles. The van der Waals surface area contributed by atoms with E-state index in [1.54, 1.807) is 12.1 Å². The first-order valence-corrected chi connectivity index (χ1v) is 9.13. The van der Waals surface area contributed by atoms with E-state index in [1.807, 2.05) is 45.0 Å². The standard InChI is InChI=1S/C19H20ClNO3S/c1-12-4-5-14(3)17(8-12)25-11-19(23)24-10-18(22)21-16-9-15(20)7-6-13(16)2/h4-9H,10-11H2,1-3H3,(H,21,22). The van der Waals surface area contributed by atoms with Gasteiger partial charge in [0.15, 0.2) is 6.61 Å². The van der Waals surface area contributed by atoms with Crippen LogP contribution in [0.4, 0.5) is 5.69 Å². The van der Waals surface area contributed by atoms with Crippen molar-refractivity contribution in [3.8, 4) is 0 Å². The predicted molar refractivity (Wildman–Crippen MR) is 102 cm³/mol. The zero-order valence-corrected chi connectivity index (χ0v) is 16.0. The number of amides is 1. The van der Waals surface area contributed by atoms with E-state index in [9.17, 15) is 9.59 Å². The maximum absolute atomic E-state index is 11.9. The summed E-state index contributed by atoms with van der Waals surface area (Å²) < 4.78 is 5.03. The number of hydrogen-bond donors (Lipinski definition) is 1. The zero-order chi connectivity index (χ0) is 18.4. The Bertz CT molecular complexity index is 792. The highest BCUT2D eigenvalue weighted by Crippen LogP contribution is 2.23. The van der Waals surface area contributed by atoms with E-state index >= 15 is 0 Å². The van der Waals surface area contributed by atoms with E-state index in [0.29, 0.717) is 10.7 Å². The number of carbonyl (C=O) groups excluding carboxylic acids is 2. The van der Waals surface area contributed by atoms with Crippen molar-refractivity contribution in [2.75, 3.05) is 17.7 Å². The van der Waals surface area contributed by atoms with Crippen LogP contribution in [-0.2, 0) is 14.3 Å². The van der Waals surface area contributed by atoms with Crippen molar-refractivity contribution in [1.82, 2.24) is 0 Å². The number of halogens is 1. The van der Waals surface area contributed by atoms with Gasteiger partial charge in [0.1, 0.15) is 0 Å². The molecule has 4 nitrogen and oxygen atoms in total. The third-order valence-electron chi connectivity index (χ3n) is 3.53. The lowest BCUT2D eigenvalue weighted by Gasteiger charge is -2.10. The highest BCUT2D eigenvalue weighted by molar-refractivity contribution is 8.00. The van der Waals surface area contributed by atoms with E-state index in [1.165, 1.54) is 11.8 Å². The molecule has 1 amide bonds. The first-order valence-electron chi connectivity index (χ1n) is 7.77. The summed E-state index contributed by atoms with van der Waals surface area (Å²) in [6.45, 7) is 5.54. The van der Waals surface area contributed by atoms with E-state index in [4.69, 9.17) is 16.3 Å². The largest absolute Gasteiger partial charge is 0.455 e. The lowest BCUT2D eigenvalue weighted by molar-refractivity contribution is -0.144. The minimum absolute atomic E-state index is 0.160. The lowest BCUT2D eigenvalue weighted by Crippen LogP contribution is -2.22. The first kappa shape index (κ1) is 19.3. The summed E-state index contributed by atoms with van der Waals surface area (Å²) >= 11 is 7.32. The van der Waals surface area contributed by atoms with Crippen LogP contribution in [0.1, 0.15) is 16.7 Å². The molecule has 0 aromatic heterocycles. The number of thioether (sulfide) groups is 1. The molecule has 0 saturated carbocycles. The topological polar surface area (TPSA) is 55.4 Å². The fourth-order valence-corrected chi connectivity index (χ4v) is 3.20. The predicted octanol–water partition coefficient (Wildman–Crippen LogP) is 4.54. The number of nitrogens with one attached hydrogen (secondary N) is 1. The third-order valence-corrected chi connectivity index (χ3v) is 4.89. The average molecular weight is 378 g/mol. The SMILES string of the molecule is Cc1ccc(C)c(SCC(=O)OCC(=O)Nc2cc(Cl)ccc2C)c1. The molecule has 25 heavy (non-hydrogen) atoms. The molecule has 0 radical (unpaired) electrons. The number of anilines is 1. The minimum Gasteiger partial charge on any atom is -0.455 e. The molecule has 0 unspecified atom stereocenters. The Balaban J connectivity index is 1.80. The molecule has 2 aromatic carbocycles. The smallest absolute Gasteiger partial charge is 0.316 e. The molecule has 0 atom stereocenters. The lowest BCUT2D eigenvalue weighted by atomic mass is 10.2. The number of rotatable bonds is 6. The van der Waals surface area contributed by atoms with Crippen molar-refractivity contribution in [2.24, 2.45) is 0 Å². The molecule has 0 aliphatic heterocycles. The summed E-state index contributed by atoms with van der Waals surface area (Å²) in [5.41, 5.74) is 3.74. The number of esters is 1. The van der Waals surface area contributed by atoms with Crippen molar-refractivity contribution in [1.29, 1.82) is 0 Å². The molecule has 2 rings (SSSR count). The molecule has 1 N–H and O–H groups in total. The molecule has 2 aromatic rings. The van der Waals surface area contributed by atoms with Gasteiger partial charge < -0.3 is 10.1 Å². The molecule has 0 saturated heterocycles. The van der Waals surface area contributed by atoms with Crippen LogP contribution in [0, 0.1) is 20.8 Å². The second kappa shape index (κ2) is 8.92. The Hall–Kier alpha value is -1.98. The monoisotopic (exact) mass is 377 g/mol. The highest BCUT2D eigenvalue weighted by atomic mass is 35.5. The van der Waals surface area contributed by atoms with Crippen LogP contribution < -0.4 is 5.32 Å². The van der Waals surface area contributed by atoms with Crippen molar-refractivity contribution >= 4 is 40.9 Å². The van der Waals surface area contributed by atoms with Crippen LogP contribution in [0.2, 0.25) is 5.02 Å². The average Bonchev–Trinajstić information content (AvgIpc) is 2.57. The van der Waals surface area contributed by atoms with Gasteiger partial charge in [-0.15, -0.1) is 11.8 Å². The fraction of sp³-hybridized carbons (Fsp3) is 0.263.